The summed E-state index contributed by atoms with van der Waals surface area (Å²) in [4.78, 5) is 4.33. The lowest BCUT2D eigenvalue weighted by molar-refractivity contribution is 0.576. The number of hydrogen-bond acceptors (Lipinski definition) is 5. The van der Waals surface area contributed by atoms with Gasteiger partial charge in [0.25, 0.3) is 0 Å². The molecule has 7 nitrogen and oxygen atoms in total. The van der Waals surface area contributed by atoms with Crippen molar-refractivity contribution in [2.45, 2.75) is 17.9 Å². The molecular weight excluding hydrogens is 290 g/mol. The van der Waals surface area contributed by atoms with E-state index in [4.69, 9.17) is 0 Å². The third-order valence-corrected chi connectivity index (χ3v) is 4.33. The van der Waals surface area contributed by atoms with Gasteiger partial charge >= 0.3 is 0 Å². The van der Waals surface area contributed by atoms with Gasteiger partial charge in [0, 0.05) is 37.6 Å². The minimum Gasteiger partial charge on any atom is -0.318 e. The van der Waals surface area contributed by atoms with Crippen LogP contribution in [-0.2, 0) is 23.0 Å². The van der Waals surface area contributed by atoms with Crippen molar-refractivity contribution >= 4 is 10.0 Å². The molecule has 0 aliphatic rings. The standard InChI is InChI=1S/C13H19N5O2S/c1-14-8-9-18-11-13(10-16-18)21(19,20)17-7-5-12-4-2-3-6-15-12/h2-4,6,10-11,14,17H,5,7-9H2,1H3. The van der Waals surface area contributed by atoms with Gasteiger partial charge in [-0.1, -0.05) is 6.07 Å². The quantitative estimate of drug-likeness (QED) is 0.717. The van der Waals surface area contributed by atoms with E-state index in [-0.39, 0.29) is 4.90 Å². The molecular formula is C13H19N5O2S. The molecule has 0 aliphatic carbocycles. The second-order valence-electron chi connectivity index (χ2n) is 4.51. The van der Waals surface area contributed by atoms with Gasteiger partial charge < -0.3 is 5.32 Å². The molecule has 0 aromatic carbocycles. The van der Waals surface area contributed by atoms with Crippen LogP contribution in [0.25, 0.3) is 0 Å². The molecule has 2 N–H and O–H groups in total. The zero-order chi connectivity index (χ0) is 15.1. The number of nitrogens with zero attached hydrogens (tertiary/aromatic N) is 3. The van der Waals surface area contributed by atoms with E-state index in [0.717, 1.165) is 12.2 Å². The van der Waals surface area contributed by atoms with Crippen LogP contribution in [0, 0.1) is 0 Å². The van der Waals surface area contributed by atoms with Crippen LogP contribution in [0.3, 0.4) is 0 Å². The summed E-state index contributed by atoms with van der Waals surface area (Å²) in [6.07, 6.45) is 5.13. The third-order valence-electron chi connectivity index (χ3n) is 2.91. The van der Waals surface area contributed by atoms with E-state index in [9.17, 15) is 8.42 Å². The molecule has 0 amide bonds. The summed E-state index contributed by atoms with van der Waals surface area (Å²) < 4.78 is 28.4. The second-order valence-corrected chi connectivity index (χ2v) is 6.28. The molecule has 0 unspecified atom stereocenters. The van der Waals surface area contributed by atoms with Crippen molar-refractivity contribution in [1.82, 2.24) is 24.8 Å². The molecule has 0 fully saturated rings. The van der Waals surface area contributed by atoms with Crippen molar-refractivity contribution in [2.24, 2.45) is 0 Å². The van der Waals surface area contributed by atoms with Crippen LogP contribution in [0.4, 0.5) is 0 Å². The van der Waals surface area contributed by atoms with Crippen LogP contribution < -0.4 is 10.0 Å². The first-order chi connectivity index (χ1) is 10.1. The molecule has 8 heteroatoms. The van der Waals surface area contributed by atoms with E-state index in [0.29, 0.717) is 19.5 Å². The molecule has 0 saturated heterocycles. The van der Waals surface area contributed by atoms with Crippen molar-refractivity contribution in [3.63, 3.8) is 0 Å². The first-order valence-corrected chi connectivity index (χ1v) is 8.17. The van der Waals surface area contributed by atoms with Gasteiger partial charge in [-0.3, -0.25) is 9.67 Å². The largest absolute Gasteiger partial charge is 0.318 e. The number of likely N-dealkylation sites (N-methyl/N-ethyl adjacent to an activating group) is 1. The van der Waals surface area contributed by atoms with Gasteiger partial charge in [-0.25, -0.2) is 13.1 Å². The first-order valence-electron chi connectivity index (χ1n) is 6.68. The molecule has 114 valence electrons. The van der Waals surface area contributed by atoms with Gasteiger partial charge in [0.2, 0.25) is 10.0 Å². The second kappa shape index (κ2) is 7.30. The Morgan fingerprint density at radius 3 is 2.86 bits per heavy atom. The van der Waals surface area contributed by atoms with Crippen molar-refractivity contribution in [1.29, 1.82) is 0 Å². The Morgan fingerprint density at radius 2 is 2.14 bits per heavy atom. The number of sulfonamides is 1. The summed E-state index contributed by atoms with van der Waals surface area (Å²) in [5.74, 6) is 0. The van der Waals surface area contributed by atoms with Crippen molar-refractivity contribution in [3.05, 3.63) is 42.5 Å². The Kier molecular flexibility index (Phi) is 5.43. The monoisotopic (exact) mass is 309 g/mol. The molecule has 21 heavy (non-hydrogen) atoms. The fourth-order valence-corrected chi connectivity index (χ4v) is 2.76. The predicted molar refractivity (Wildman–Crippen MR) is 79.3 cm³/mol. The Balaban J connectivity index is 1.90. The predicted octanol–water partition coefficient (Wildman–Crippen LogP) is 0.0185. The highest BCUT2D eigenvalue weighted by Gasteiger charge is 2.15. The molecule has 2 rings (SSSR count). The lowest BCUT2D eigenvalue weighted by Crippen LogP contribution is -2.26. The normalized spacial score (nSPS) is 11.7. The van der Waals surface area contributed by atoms with Gasteiger partial charge in [-0.15, -0.1) is 0 Å². The maximum absolute atomic E-state index is 12.1. The van der Waals surface area contributed by atoms with E-state index >= 15 is 0 Å². The first kappa shape index (κ1) is 15.6. The molecule has 0 bridgehead atoms. The van der Waals surface area contributed by atoms with Crippen molar-refractivity contribution in [2.75, 3.05) is 20.1 Å². The Bertz CT molecular complexity index is 654. The topological polar surface area (TPSA) is 88.9 Å². The zero-order valence-electron chi connectivity index (χ0n) is 11.9. The highest BCUT2D eigenvalue weighted by Crippen LogP contribution is 2.06. The van der Waals surface area contributed by atoms with Crippen molar-refractivity contribution in [3.8, 4) is 0 Å². The Morgan fingerprint density at radius 1 is 1.29 bits per heavy atom. The highest BCUT2D eigenvalue weighted by atomic mass is 32.2. The number of hydrogen-bond donors (Lipinski definition) is 2. The minimum absolute atomic E-state index is 0.180. The molecule has 0 radical (unpaired) electrons. The smallest absolute Gasteiger partial charge is 0.243 e. The van der Waals surface area contributed by atoms with E-state index in [1.54, 1.807) is 10.9 Å². The van der Waals surface area contributed by atoms with Crippen LogP contribution in [0.15, 0.2) is 41.7 Å². The van der Waals surface area contributed by atoms with Gasteiger partial charge in [-0.05, 0) is 19.2 Å². The number of nitrogens with one attached hydrogen (secondary N) is 2. The molecule has 2 heterocycles. The number of aromatic nitrogens is 3. The fourth-order valence-electron chi connectivity index (χ4n) is 1.77. The Hall–Kier alpha value is -1.77. The summed E-state index contributed by atoms with van der Waals surface area (Å²) in [6, 6.07) is 5.57. The average molecular weight is 309 g/mol. The van der Waals surface area contributed by atoms with E-state index in [1.165, 1.54) is 12.4 Å². The molecule has 2 aromatic heterocycles. The van der Waals surface area contributed by atoms with Crippen molar-refractivity contribution < 1.29 is 8.42 Å². The highest BCUT2D eigenvalue weighted by molar-refractivity contribution is 7.89. The maximum atomic E-state index is 12.1. The third kappa shape index (κ3) is 4.62. The maximum Gasteiger partial charge on any atom is 0.243 e. The average Bonchev–Trinajstić information content (AvgIpc) is 2.96. The molecule has 0 atom stereocenters. The fraction of sp³-hybridized carbons (Fsp3) is 0.385. The van der Waals surface area contributed by atoms with Gasteiger partial charge in [0.1, 0.15) is 4.90 Å². The molecule has 0 aliphatic heterocycles. The minimum atomic E-state index is -3.52. The summed E-state index contributed by atoms with van der Waals surface area (Å²) in [5, 5.41) is 7.02. The van der Waals surface area contributed by atoms with Crippen LogP contribution in [-0.4, -0.2) is 43.3 Å². The van der Waals surface area contributed by atoms with Gasteiger partial charge in [0.05, 0.1) is 12.7 Å². The molecule has 2 aromatic rings. The van der Waals surface area contributed by atoms with Crippen LogP contribution in [0.1, 0.15) is 5.69 Å². The molecule has 0 spiro atoms. The van der Waals surface area contributed by atoms with E-state index in [1.807, 2.05) is 25.2 Å². The lowest BCUT2D eigenvalue weighted by Gasteiger charge is -2.04. The summed E-state index contributed by atoms with van der Waals surface area (Å²) in [6.45, 7) is 1.66. The van der Waals surface area contributed by atoms with Gasteiger partial charge in [0.15, 0.2) is 0 Å². The number of pyridine rings is 1. The zero-order valence-corrected chi connectivity index (χ0v) is 12.7. The summed E-state index contributed by atoms with van der Waals surface area (Å²) in [7, 11) is -1.68. The summed E-state index contributed by atoms with van der Waals surface area (Å²) >= 11 is 0. The lowest BCUT2D eigenvalue weighted by atomic mass is 10.3. The van der Waals surface area contributed by atoms with E-state index < -0.39 is 10.0 Å². The Labute approximate surface area is 124 Å². The molecule has 0 saturated carbocycles. The SMILES string of the molecule is CNCCn1cc(S(=O)(=O)NCCc2ccccn2)cn1. The van der Waals surface area contributed by atoms with Crippen LogP contribution >= 0.6 is 0 Å². The van der Waals surface area contributed by atoms with Crippen LogP contribution in [0.2, 0.25) is 0 Å². The van der Waals surface area contributed by atoms with Gasteiger partial charge in [-0.2, -0.15) is 5.10 Å². The van der Waals surface area contributed by atoms with E-state index in [2.05, 4.69) is 20.1 Å². The summed E-state index contributed by atoms with van der Waals surface area (Å²) in [5.41, 5.74) is 0.852. The number of rotatable bonds is 8. The van der Waals surface area contributed by atoms with Crippen LogP contribution in [0.5, 0.6) is 0 Å².